The normalized spacial score (nSPS) is 17.2. The summed E-state index contributed by atoms with van der Waals surface area (Å²) in [5, 5.41) is 22.7. The summed E-state index contributed by atoms with van der Waals surface area (Å²) >= 11 is 1.28. The van der Waals surface area contributed by atoms with E-state index < -0.39 is 22.7 Å². The Morgan fingerprint density at radius 2 is 1.78 bits per heavy atom. The minimum atomic E-state index is -1.00. The van der Waals surface area contributed by atoms with Gasteiger partial charge < -0.3 is 5.11 Å². The standard InChI is InChI=1S/C27H21N3O5S/c1-3-16-6-13-20-21(14-16)36-27(28-20)29-23(17-9-11-19(12-10-17)30(34)35)22(25(32)26(29)33)24(31)18-7-4-15(2)5-8-18/h4-14,23,31H,3H2,1-2H3/t23-/m1/s1. The van der Waals surface area contributed by atoms with Crippen LogP contribution in [0.2, 0.25) is 0 Å². The van der Waals surface area contributed by atoms with Crippen molar-refractivity contribution in [1.29, 1.82) is 0 Å². The number of non-ortho nitro benzene ring substituents is 1. The molecule has 0 bridgehead atoms. The van der Waals surface area contributed by atoms with Crippen LogP contribution in [0.25, 0.3) is 16.0 Å². The molecule has 1 aromatic heterocycles. The van der Waals surface area contributed by atoms with Crippen molar-refractivity contribution < 1.29 is 19.6 Å². The minimum Gasteiger partial charge on any atom is -0.507 e. The molecule has 1 aliphatic heterocycles. The zero-order valence-electron chi connectivity index (χ0n) is 19.5. The second-order valence-electron chi connectivity index (χ2n) is 8.54. The maximum atomic E-state index is 13.4. The molecular weight excluding hydrogens is 478 g/mol. The van der Waals surface area contributed by atoms with E-state index in [9.17, 15) is 24.8 Å². The van der Waals surface area contributed by atoms with Gasteiger partial charge >= 0.3 is 5.91 Å². The van der Waals surface area contributed by atoms with Crippen LogP contribution in [0.3, 0.4) is 0 Å². The van der Waals surface area contributed by atoms with E-state index in [0.29, 0.717) is 21.8 Å². The van der Waals surface area contributed by atoms with Crippen LogP contribution in [0.15, 0.2) is 72.3 Å². The lowest BCUT2D eigenvalue weighted by molar-refractivity contribution is -0.384. The van der Waals surface area contributed by atoms with Gasteiger partial charge in [-0.05, 0) is 48.7 Å². The van der Waals surface area contributed by atoms with Crippen molar-refractivity contribution >= 4 is 49.8 Å². The largest absolute Gasteiger partial charge is 0.507 e. The average Bonchev–Trinajstić information content (AvgIpc) is 3.41. The number of ketones is 1. The Labute approximate surface area is 210 Å². The molecule has 3 aromatic carbocycles. The molecular formula is C27H21N3O5S. The number of amides is 1. The van der Waals surface area contributed by atoms with Gasteiger partial charge in [0.15, 0.2) is 5.13 Å². The van der Waals surface area contributed by atoms with Crippen LogP contribution in [0, 0.1) is 17.0 Å². The molecule has 1 N–H and O–H groups in total. The molecule has 0 radical (unpaired) electrons. The highest BCUT2D eigenvalue weighted by Crippen LogP contribution is 2.44. The minimum absolute atomic E-state index is 0.0915. The van der Waals surface area contributed by atoms with E-state index in [4.69, 9.17) is 0 Å². The number of aliphatic hydroxyl groups is 1. The number of thiazole rings is 1. The lowest BCUT2D eigenvalue weighted by atomic mass is 9.95. The predicted octanol–water partition coefficient (Wildman–Crippen LogP) is 5.70. The predicted molar refractivity (Wildman–Crippen MR) is 138 cm³/mol. The van der Waals surface area contributed by atoms with E-state index in [2.05, 4.69) is 4.98 Å². The molecule has 0 saturated carbocycles. The number of Topliss-reactive ketones (excluding diaryl/α,β-unsaturated/α-hetero) is 1. The van der Waals surface area contributed by atoms with Crippen LogP contribution in [-0.4, -0.2) is 26.7 Å². The molecule has 4 aromatic rings. The third-order valence-corrected chi connectivity index (χ3v) is 7.26. The average molecular weight is 500 g/mol. The molecule has 8 nitrogen and oxygen atoms in total. The van der Waals surface area contributed by atoms with Crippen molar-refractivity contribution in [2.24, 2.45) is 0 Å². The van der Waals surface area contributed by atoms with Gasteiger partial charge in [-0.25, -0.2) is 4.98 Å². The number of aryl methyl sites for hydroxylation is 2. The third-order valence-electron chi connectivity index (χ3n) is 6.24. The SMILES string of the molecule is CCc1ccc2nc(N3C(=O)C(=O)C(=C(O)c4ccc(C)cc4)[C@H]3c3ccc([N+](=O)[O-])cc3)sc2c1. The Bertz CT molecular complexity index is 1550. The molecule has 180 valence electrons. The number of benzene rings is 3. The zero-order valence-corrected chi connectivity index (χ0v) is 20.3. The fourth-order valence-electron chi connectivity index (χ4n) is 4.27. The van der Waals surface area contributed by atoms with Crippen LogP contribution >= 0.6 is 11.3 Å². The van der Waals surface area contributed by atoms with Crippen LogP contribution < -0.4 is 4.90 Å². The Morgan fingerprint density at radius 1 is 1.08 bits per heavy atom. The summed E-state index contributed by atoms with van der Waals surface area (Å²) in [4.78, 5) is 43.2. The number of aliphatic hydroxyl groups excluding tert-OH is 1. The molecule has 1 saturated heterocycles. The summed E-state index contributed by atoms with van der Waals surface area (Å²) in [5.74, 6) is -1.97. The van der Waals surface area contributed by atoms with Gasteiger partial charge in [-0.15, -0.1) is 0 Å². The first-order chi connectivity index (χ1) is 17.3. The Morgan fingerprint density at radius 3 is 2.42 bits per heavy atom. The molecule has 5 rings (SSSR count). The third kappa shape index (κ3) is 3.93. The number of fused-ring (bicyclic) bond motifs is 1. The molecule has 36 heavy (non-hydrogen) atoms. The highest BCUT2D eigenvalue weighted by molar-refractivity contribution is 7.22. The molecule has 1 amide bonds. The van der Waals surface area contributed by atoms with Crippen molar-refractivity contribution in [3.05, 3.63) is 105 Å². The van der Waals surface area contributed by atoms with E-state index in [0.717, 1.165) is 22.2 Å². The van der Waals surface area contributed by atoms with E-state index in [1.54, 1.807) is 24.3 Å². The monoisotopic (exact) mass is 499 g/mol. The van der Waals surface area contributed by atoms with Crippen LogP contribution in [0.4, 0.5) is 10.8 Å². The summed E-state index contributed by atoms with van der Waals surface area (Å²) < 4.78 is 0.868. The van der Waals surface area contributed by atoms with Gasteiger partial charge in [0.1, 0.15) is 5.76 Å². The van der Waals surface area contributed by atoms with E-state index >= 15 is 0 Å². The number of carbonyl (C=O) groups is 2. The van der Waals surface area contributed by atoms with E-state index in [1.165, 1.54) is 40.5 Å². The maximum absolute atomic E-state index is 13.4. The second-order valence-corrected chi connectivity index (χ2v) is 9.54. The quantitative estimate of drug-likeness (QED) is 0.124. The Kier molecular flexibility index (Phi) is 5.85. The number of hydrogen-bond acceptors (Lipinski definition) is 7. The lowest BCUT2D eigenvalue weighted by Crippen LogP contribution is -2.29. The van der Waals surface area contributed by atoms with E-state index in [1.807, 2.05) is 32.0 Å². The van der Waals surface area contributed by atoms with Crippen molar-refractivity contribution in [1.82, 2.24) is 4.98 Å². The number of nitrogens with zero attached hydrogens (tertiary/aromatic N) is 3. The number of anilines is 1. The second kappa shape index (κ2) is 9.01. The zero-order chi connectivity index (χ0) is 25.6. The topological polar surface area (TPSA) is 114 Å². The van der Waals surface area contributed by atoms with Crippen molar-refractivity contribution in [2.45, 2.75) is 26.3 Å². The highest BCUT2D eigenvalue weighted by atomic mass is 32.1. The first-order valence-electron chi connectivity index (χ1n) is 11.3. The number of hydrogen-bond donors (Lipinski definition) is 1. The molecule has 1 aliphatic rings. The lowest BCUT2D eigenvalue weighted by Gasteiger charge is -2.22. The van der Waals surface area contributed by atoms with Crippen molar-refractivity contribution in [2.75, 3.05) is 4.90 Å². The van der Waals surface area contributed by atoms with Gasteiger partial charge in [-0.3, -0.25) is 24.6 Å². The van der Waals surface area contributed by atoms with Crippen molar-refractivity contribution in [3.8, 4) is 0 Å². The summed E-state index contributed by atoms with van der Waals surface area (Å²) in [5.41, 5.74) is 3.40. The maximum Gasteiger partial charge on any atom is 0.301 e. The summed E-state index contributed by atoms with van der Waals surface area (Å²) in [7, 11) is 0. The fourth-order valence-corrected chi connectivity index (χ4v) is 5.33. The molecule has 0 aliphatic carbocycles. The number of nitro groups is 1. The smallest absolute Gasteiger partial charge is 0.301 e. The number of aromatic nitrogens is 1. The Balaban J connectivity index is 1.71. The van der Waals surface area contributed by atoms with Gasteiger partial charge in [0.05, 0.1) is 26.8 Å². The number of nitro benzene ring substituents is 1. The molecule has 9 heteroatoms. The Hall–Kier alpha value is -4.37. The number of rotatable bonds is 5. The van der Waals surface area contributed by atoms with Crippen molar-refractivity contribution in [3.63, 3.8) is 0 Å². The number of carbonyl (C=O) groups excluding carboxylic acids is 2. The summed E-state index contributed by atoms with van der Waals surface area (Å²) in [6, 6.07) is 17.4. The van der Waals surface area contributed by atoms with Crippen LogP contribution in [0.1, 0.15) is 35.2 Å². The highest BCUT2D eigenvalue weighted by Gasteiger charge is 2.48. The van der Waals surface area contributed by atoms with Gasteiger partial charge in [-0.2, -0.15) is 0 Å². The first kappa shape index (κ1) is 23.4. The van der Waals surface area contributed by atoms with E-state index in [-0.39, 0.29) is 17.0 Å². The summed E-state index contributed by atoms with van der Waals surface area (Å²) in [6.45, 7) is 3.94. The molecule has 2 heterocycles. The van der Waals surface area contributed by atoms with Crippen LogP contribution in [0.5, 0.6) is 0 Å². The van der Waals surface area contributed by atoms with Crippen LogP contribution in [-0.2, 0) is 16.0 Å². The molecule has 1 fully saturated rings. The fraction of sp³-hybridized carbons (Fsp3) is 0.148. The molecule has 0 unspecified atom stereocenters. The molecule has 0 spiro atoms. The first-order valence-corrected chi connectivity index (χ1v) is 12.1. The molecule has 1 atom stereocenters. The van der Waals surface area contributed by atoms with Gasteiger partial charge in [0.25, 0.3) is 11.5 Å². The van der Waals surface area contributed by atoms with Gasteiger partial charge in [0.2, 0.25) is 0 Å². The van der Waals surface area contributed by atoms with Gasteiger partial charge in [-0.1, -0.05) is 54.2 Å². The summed E-state index contributed by atoms with van der Waals surface area (Å²) in [6.07, 6.45) is 0.840. The van der Waals surface area contributed by atoms with Gasteiger partial charge in [0, 0.05) is 17.7 Å².